The van der Waals surface area contributed by atoms with E-state index in [2.05, 4.69) is 57.7 Å². The first kappa shape index (κ1) is 20.8. The van der Waals surface area contributed by atoms with Crippen molar-refractivity contribution >= 4 is 6.08 Å². The number of hydrogen-bond donors (Lipinski definition) is 1. The van der Waals surface area contributed by atoms with Crippen LogP contribution in [0.2, 0.25) is 0 Å². The highest BCUT2D eigenvalue weighted by atomic mass is 16.5. The van der Waals surface area contributed by atoms with Gasteiger partial charge >= 0.3 is 0 Å². The Hall–Kier alpha value is -4.06. The van der Waals surface area contributed by atoms with E-state index in [-0.39, 0.29) is 0 Å². The Morgan fingerprint density at radius 3 is 2.39 bits per heavy atom. The van der Waals surface area contributed by atoms with E-state index >= 15 is 0 Å². The quantitative estimate of drug-likeness (QED) is 0.455. The van der Waals surface area contributed by atoms with Gasteiger partial charge in [-0.05, 0) is 23.8 Å². The number of methoxy groups -OCH3 is 3. The molecular weight excluding hydrogens is 414 g/mol. The Labute approximate surface area is 192 Å². The van der Waals surface area contributed by atoms with E-state index in [1.54, 1.807) is 27.5 Å². The summed E-state index contributed by atoms with van der Waals surface area (Å²) in [5.41, 5.74) is 5.66. The maximum atomic E-state index is 5.90. The number of pyridine rings is 1. The molecule has 0 bridgehead atoms. The maximum absolute atomic E-state index is 5.90. The number of nitrogens with zero attached hydrogens (tertiary/aromatic N) is 2. The van der Waals surface area contributed by atoms with Crippen molar-refractivity contribution in [1.82, 2.24) is 15.2 Å². The van der Waals surface area contributed by atoms with Gasteiger partial charge in [0.1, 0.15) is 5.69 Å². The molecule has 0 radical (unpaired) electrons. The van der Waals surface area contributed by atoms with Gasteiger partial charge in [0.25, 0.3) is 0 Å². The van der Waals surface area contributed by atoms with Crippen molar-refractivity contribution in [1.29, 1.82) is 0 Å². The number of rotatable bonds is 6. The highest BCUT2D eigenvalue weighted by molar-refractivity contribution is 5.77. The molecule has 4 aromatic rings. The second-order valence-corrected chi connectivity index (χ2v) is 7.94. The van der Waals surface area contributed by atoms with Gasteiger partial charge in [-0.1, -0.05) is 48.6 Å². The third-order valence-electron chi connectivity index (χ3n) is 6.28. The Balaban J connectivity index is 1.72. The molecule has 0 spiro atoms. The van der Waals surface area contributed by atoms with Crippen molar-refractivity contribution in [2.45, 2.75) is 11.8 Å². The normalized spacial score (nSPS) is 16.8. The van der Waals surface area contributed by atoms with Crippen LogP contribution in [0.3, 0.4) is 0 Å². The van der Waals surface area contributed by atoms with E-state index in [4.69, 9.17) is 14.2 Å². The summed E-state index contributed by atoms with van der Waals surface area (Å²) in [7, 11) is 4.92. The van der Waals surface area contributed by atoms with Crippen LogP contribution in [-0.4, -0.2) is 36.5 Å². The highest BCUT2D eigenvalue weighted by Gasteiger charge is 2.40. The first-order valence-electron chi connectivity index (χ1n) is 10.7. The zero-order chi connectivity index (χ0) is 22.8. The number of benzene rings is 2. The van der Waals surface area contributed by atoms with Gasteiger partial charge in [0.15, 0.2) is 11.5 Å². The Bertz CT molecular complexity index is 1300. The van der Waals surface area contributed by atoms with Crippen LogP contribution in [-0.2, 0) is 11.8 Å². The third kappa shape index (κ3) is 3.35. The molecule has 1 aliphatic carbocycles. The molecular formula is C27H25N3O3. The van der Waals surface area contributed by atoms with Crippen molar-refractivity contribution in [3.8, 4) is 28.5 Å². The van der Waals surface area contributed by atoms with Crippen LogP contribution in [0.5, 0.6) is 17.2 Å². The van der Waals surface area contributed by atoms with E-state index < -0.39 is 5.41 Å². The Morgan fingerprint density at radius 2 is 1.70 bits per heavy atom. The first-order chi connectivity index (χ1) is 16.2. The summed E-state index contributed by atoms with van der Waals surface area (Å²) in [5, 5.41) is 7.91. The van der Waals surface area contributed by atoms with Gasteiger partial charge in [0.05, 0.1) is 21.3 Å². The fourth-order valence-electron chi connectivity index (χ4n) is 4.71. The summed E-state index contributed by atoms with van der Waals surface area (Å²) in [6, 6.07) is 18.4. The second-order valence-electron chi connectivity index (χ2n) is 7.94. The lowest BCUT2D eigenvalue weighted by atomic mass is 9.68. The minimum atomic E-state index is -0.488. The van der Waals surface area contributed by atoms with E-state index in [1.165, 1.54) is 0 Å². The number of hydrogen-bond acceptors (Lipinski definition) is 5. The average Bonchev–Trinajstić information content (AvgIpc) is 3.31. The van der Waals surface area contributed by atoms with Gasteiger partial charge in [-0.15, -0.1) is 0 Å². The van der Waals surface area contributed by atoms with E-state index in [1.807, 2.05) is 30.5 Å². The van der Waals surface area contributed by atoms with Gasteiger partial charge in [-0.3, -0.25) is 10.1 Å². The molecule has 2 aromatic carbocycles. The predicted octanol–water partition coefficient (Wildman–Crippen LogP) is 5.05. The fourth-order valence-corrected chi connectivity index (χ4v) is 4.71. The van der Waals surface area contributed by atoms with Gasteiger partial charge in [0, 0.05) is 46.6 Å². The van der Waals surface area contributed by atoms with Crippen LogP contribution >= 0.6 is 0 Å². The predicted molar refractivity (Wildman–Crippen MR) is 128 cm³/mol. The molecule has 0 amide bonds. The molecule has 33 heavy (non-hydrogen) atoms. The summed E-state index contributed by atoms with van der Waals surface area (Å²) < 4.78 is 17.1. The molecule has 0 aliphatic heterocycles. The topological polar surface area (TPSA) is 69.3 Å². The van der Waals surface area contributed by atoms with Crippen LogP contribution in [0.1, 0.15) is 22.4 Å². The number of aromatic nitrogens is 3. The number of fused-ring (bicyclic) bond motifs is 1. The summed E-state index contributed by atoms with van der Waals surface area (Å²) in [4.78, 5) is 4.25. The van der Waals surface area contributed by atoms with Gasteiger partial charge in [-0.2, -0.15) is 5.10 Å². The molecule has 1 atom stereocenters. The molecule has 2 heterocycles. The summed E-state index contributed by atoms with van der Waals surface area (Å²) in [5.74, 6) is 1.86. The van der Waals surface area contributed by atoms with Crippen LogP contribution in [0.15, 0.2) is 73.1 Å². The molecule has 0 fully saturated rings. The van der Waals surface area contributed by atoms with Gasteiger partial charge in [0.2, 0.25) is 5.75 Å². The molecule has 1 aliphatic rings. The fraction of sp³-hybridized carbons (Fsp3) is 0.185. The SMILES string of the molecule is COc1ccc(C2(c3ccccc3)C=Cc3c(-c4cccnc4)n[nH]c3C2)c(OC)c1OC. The second kappa shape index (κ2) is 8.47. The zero-order valence-electron chi connectivity index (χ0n) is 18.8. The van der Waals surface area contributed by atoms with Crippen LogP contribution in [0.25, 0.3) is 17.3 Å². The Morgan fingerprint density at radius 1 is 0.879 bits per heavy atom. The van der Waals surface area contributed by atoms with Crippen LogP contribution < -0.4 is 14.2 Å². The van der Waals surface area contributed by atoms with Gasteiger partial charge in [-0.25, -0.2) is 0 Å². The third-order valence-corrected chi connectivity index (χ3v) is 6.28. The van der Waals surface area contributed by atoms with Crippen molar-refractivity contribution in [3.63, 3.8) is 0 Å². The monoisotopic (exact) mass is 439 g/mol. The van der Waals surface area contributed by atoms with E-state index in [0.717, 1.165) is 33.6 Å². The smallest absolute Gasteiger partial charge is 0.203 e. The Kier molecular flexibility index (Phi) is 5.34. The highest BCUT2D eigenvalue weighted by Crippen LogP contribution is 2.50. The van der Waals surface area contributed by atoms with E-state index in [9.17, 15) is 0 Å². The number of H-pyrrole nitrogens is 1. The molecule has 0 saturated heterocycles. The lowest BCUT2D eigenvalue weighted by molar-refractivity contribution is 0.319. The van der Waals surface area contributed by atoms with Gasteiger partial charge < -0.3 is 14.2 Å². The molecule has 1 N–H and O–H groups in total. The standard InChI is InChI=1S/C27H25N3O3/c1-31-23-12-11-21(25(32-2)26(23)33-3)27(19-9-5-4-6-10-19)14-13-20-22(16-27)29-30-24(20)18-8-7-15-28-17-18/h4-15,17H,16H2,1-3H3,(H,29,30). The summed E-state index contributed by atoms with van der Waals surface area (Å²) >= 11 is 0. The molecule has 0 saturated carbocycles. The zero-order valence-corrected chi connectivity index (χ0v) is 18.8. The van der Waals surface area contributed by atoms with Crippen molar-refractivity contribution < 1.29 is 14.2 Å². The van der Waals surface area contributed by atoms with Crippen LogP contribution in [0, 0.1) is 0 Å². The van der Waals surface area contributed by atoms with Crippen LogP contribution in [0.4, 0.5) is 0 Å². The molecule has 2 aromatic heterocycles. The van der Waals surface area contributed by atoms with Crippen molar-refractivity contribution in [2.24, 2.45) is 0 Å². The molecule has 5 rings (SSSR count). The average molecular weight is 440 g/mol. The largest absolute Gasteiger partial charge is 0.493 e. The summed E-state index contributed by atoms with van der Waals surface area (Å²) in [6.07, 6.45) is 8.67. The molecule has 6 heteroatoms. The minimum absolute atomic E-state index is 0.488. The van der Waals surface area contributed by atoms with Crippen molar-refractivity contribution in [2.75, 3.05) is 21.3 Å². The number of allylic oxidation sites excluding steroid dienone is 1. The maximum Gasteiger partial charge on any atom is 0.203 e. The molecule has 166 valence electrons. The number of nitrogens with one attached hydrogen (secondary N) is 1. The first-order valence-corrected chi connectivity index (χ1v) is 10.7. The number of ether oxygens (including phenoxy) is 3. The lowest BCUT2D eigenvalue weighted by Crippen LogP contribution is -2.31. The van der Waals surface area contributed by atoms with E-state index in [0.29, 0.717) is 23.7 Å². The number of aromatic amines is 1. The summed E-state index contributed by atoms with van der Waals surface area (Å²) in [6.45, 7) is 0. The molecule has 6 nitrogen and oxygen atoms in total. The minimum Gasteiger partial charge on any atom is -0.493 e. The van der Waals surface area contributed by atoms with Crippen molar-refractivity contribution in [3.05, 3.63) is 95.5 Å². The lowest BCUT2D eigenvalue weighted by Gasteiger charge is -2.36. The molecule has 1 unspecified atom stereocenters.